The summed E-state index contributed by atoms with van der Waals surface area (Å²) in [5, 5.41) is 9.40. The molecule has 1 aliphatic rings. The Labute approximate surface area is 204 Å². The maximum absolute atomic E-state index is 13.5. The molecule has 4 rings (SSSR count). The normalized spacial score (nSPS) is 14.7. The van der Waals surface area contributed by atoms with Crippen molar-refractivity contribution in [2.75, 3.05) is 17.3 Å². The zero-order valence-electron chi connectivity index (χ0n) is 20.0. The summed E-state index contributed by atoms with van der Waals surface area (Å²) >= 11 is 1.54. The average molecular weight is 479 g/mol. The number of carbonyl (C=O) groups excluding carboxylic acids is 1. The van der Waals surface area contributed by atoms with Gasteiger partial charge in [-0.1, -0.05) is 62.9 Å². The Bertz CT molecular complexity index is 1150. The molecule has 8 heteroatoms. The second-order valence-corrected chi connectivity index (χ2v) is 9.41. The lowest BCUT2D eigenvalue weighted by atomic mass is 10.1. The van der Waals surface area contributed by atoms with Crippen LogP contribution in [0.1, 0.15) is 52.3 Å². The molecule has 1 amide bonds. The van der Waals surface area contributed by atoms with Crippen LogP contribution < -0.4 is 14.4 Å². The number of carbonyl (C=O) groups is 1. The molecule has 178 valence electrons. The van der Waals surface area contributed by atoms with Gasteiger partial charge in [-0.25, -0.2) is 0 Å². The van der Waals surface area contributed by atoms with Crippen LogP contribution in [0.2, 0.25) is 0 Å². The number of aromatic nitrogens is 3. The number of benzene rings is 2. The van der Waals surface area contributed by atoms with Gasteiger partial charge in [0.15, 0.2) is 5.69 Å². The monoisotopic (exact) mass is 478 g/mol. The van der Waals surface area contributed by atoms with Gasteiger partial charge >= 0.3 is 0 Å². The summed E-state index contributed by atoms with van der Waals surface area (Å²) in [7, 11) is 0. The Morgan fingerprint density at radius 3 is 2.65 bits per heavy atom. The second-order valence-electron chi connectivity index (χ2n) is 8.42. The number of nitrogens with zero attached hydrogens (tertiary/aromatic N) is 4. The van der Waals surface area contributed by atoms with Crippen molar-refractivity contribution in [1.29, 1.82) is 0 Å². The zero-order valence-corrected chi connectivity index (χ0v) is 20.8. The minimum Gasteiger partial charge on any atom is -0.493 e. The van der Waals surface area contributed by atoms with E-state index >= 15 is 0 Å². The van der Waals surface area contributed by atoms with Crippen molar-refractivity contribution in [1.82, 2.24) is 15.2 Å². The Morgan fingerprint density at radius 2 is 1.88 bits per heavy atom. The Balaban J connectivity index is 1.90. The van der Waals surface area contributed by atoms with Gasteiger partial charge in [0.2, 0.25) is 23.2 Å². The summed E-state index contributed by atoms with van der Waals surface area (Å²) in [6, 6.07) is 15.3. The smallest absolute Gasteiger partial charge is 0.247 e. The third-order valence-electron chi connectivity index (χ3n) is 5.28. The number of amides is 1. The van der Waals surface area contributed by atoms with E-state index in [1.165, 1.54) is 0 Å². The molecule has 0 spiro atoms. The highest BCUT2D eigenvalue weighted by atomic mass is 32.2. The molecule has 7 nitrogen and oxygen atoms in total. The third-order valence-corrected chi connectivity index (χ3v) is 6.54. The molecule has 0 saturated heterocycles. The molecule has 1 aromatic heterocycles. The molecule has 0 saturated carbocycles. The highest BCUT2D eigenvalue weighted by molar-refractivity contribution is 7.99. The number of para-hydroxylation sites is 2. The Morgan fingerprint density at radius 1 is 1.12 bits per heavy atom. The van der Waals surface area contributed by atoms with E-state index in [0.717, 1.165) is 29.0 Å². The van der Waals surface area contributed by atoms with Crippen LogP contribution in [0.15, 0.2) is 53.7 Å². The first-order valence-electron chi connectivity index (χ1n) is 11.7. The highest BCUT2D eigenvalue weighted by Gasteiger charge is 2.36. The Kier molecular flexibility index (Phi) is 7.67. The minimum atomic E-state index is -0.760. The maximum Gasteiger partial charge on any atom is 0.247 e. The molecule has 0 N–H and O–H groups in total. The number of anilines is 1. The van der Waals surface area contributed by atoms with Crippen molar-refractivity contribution in [3.8, 4) is 22.9 Å². The van der Waals surface area contributed by atoms with Crippen LogP contribution in [0, 0.1) is 5.92 Å². The van der Waals surface area contributed by atoms with Crippen molar-refractivity contribution in [2.45, 2.75) is 51.9 Å². The van der Waals surface area contributed by atoms with E-state index in [2.05, 4.69) is 24.0 Å². The number of rotatable bonds is 8. The van der Waals surface area contributed by atoms with Crippen molar-refractivity contribution < 1.29 is 14.3 Å². The van der Waals surface area contributed by atoms with Crippen molar-refractivity contribution >= 4 is 23.4 Å². The van der Waals surface area contributed by atoms with Crippen LogP contribution >= 0.6 is 11.8 Å². The van der Waals surface area contributed by atoms with E-state index in [0.29, 0.717) is 41.4 Å². The molecule has 0 unspecified atom stereocenters. The van der Waals surface area contributed by atoms with Crippen LogP contribution in [0.4, 0.5) is 5.69 Å². The van der Waals surface area contributed by atoms with Crippen LogP contribution in [0.25, 0.3) is 11.3 Å². The number of hydrogen-bond donors (Lipinski definition) is 0. The first kappa shape index (κ1) is 24.0. The molecule has 2 aromatic carbocycles. The first-order chi connectivity index (χ1) is 16.5. The quantitative estimate of drug-likeness (QED) is 0.372. The van der Waals surface area contributed by atoms with Gasteiger partial charge in [-0.05, 0) is 37.5 Å². The van der Waals surface area contributed by atoms with Crippen molar-refractivity contribution in [3.63, 3.8) is 0 Å². The van der Waals surface area contributed by atoms with Gasteiger partial charge in [0.25, 0.3) is 0 Å². The van der Waals surface area contributed by atoms with Crippen LogP contribution in [-0.4, -0.2) is 33.4 Å². The van der Waals surface area contributed by atoms with Gasteiger partial charge in [0.05, 0.1) is 17.9 Å². The number of hydrogen-bond acceptors (Lipinski definition) is 7. The maximum atomic E-state index is 13.5. The summed E-state index contributed by atoms with van der Waals surface area (Å²) in [4.78, 5) is 19.9. The first-order valence-corrected chi connectivity index (χ1v) is 12.7. The molecule has 3 aromatic rings. The lowest BCUT2D eigenvalue weighted by Crippen LogP contribution is -2.37. The van der Waals surface area contributed by atoms with E-state index in [9.17, 15) is 4.79 Å². The SMILES string of the molecule is CCCC(=O)N1c2ccccc2-c2nnc(SCC(C)C)nc2O[C@@H]1c1ccccc1OCC. The Hall–Kier alpha value is -3.13. The van der Waals surface area contributed by atoms with E-state index in [1.807, 2.05) is 62.4 Å². The van der Waals surface area contributed by atoms with Gasteiger partial charge in [-0.3, -0.25) is 9.69 Å². The molecule has 0 radical (unpaired) electrons. The van der Waals surface area contributed by atoms with Crippen LogP contribution in [0.5, 0.6) is 11.6 Å². The summed E-state index contributed by atoms with van der Waals surface area (Å²) in [5.74, 6) is 2.34. The van der Waals surface area contributed by atoms with Gasteiger partial charge in [-0.15, -0.1) is 10.2 Å². The highest BCUT2D eigenvalue weighted by Crippen LogP contribution is 2.45. The van der Waals surface area contributed by atoms with Gasteiger partial charge in [0, 0.05) is 17.7 Å². The molecule has 34 heavy (non-hydrogen) atoms. The van der Waals surface area contributed by atoms with Crippen molar-refractivity contribution in [3.05, 3.63) is 54.1 Å². The molecule has 0 fully saturated rings. The van der Waals surface area contributed by atoms with E-state index in [-0.39, 0.29) is 5.91 Å². The van der Waals surface area contributed by atoms with Gasteiger partial charge in [-0.2, -0.15) is 4.98 Å². The molecular formula is C26H30N4O3S. The van der Waals surface area contributed by atoms with E-state index in [1.54, 1.807) is 16.7 Å². The summed E-state index contributed by atoms with van der Waals surface area (Å²) in [6.45, 7) is 8.72. The van der Waals surface area contributed by atoms with Crippen molar-refractivity contribution in [2.24, 2.45) is 5.92 Å². The number of thioether (sulfide) groups is 1. The topological polar surface area (TPSA) is 77.4 Å². The molecular weight excluding hydrogens is 448 g/mol. The average Bonchev–Trinajstić information content (AvgIpc) is 2.98. The minimum absolute atomic E-state index is 0.0403. The lowest BCUT2D eigenvalue weighted by molar-refractivity contribution is -0.120. The lowest BCUT2D eigenvalue weighted by Gasteiger charge is -2.31. The molecule has 1 atom stereocenters. The third kappa shape index (κ3) is 5.01. The summed E-state index contributed by atoms with van der Waals surface area (Å²) in [5.41, 5.74) is 2.76. The molecule has 0 bridgehead atoms. The standard InChI is InChI=1S/C26H30N4O3S/c1-5-11-22(31)30-20-14-9-7-12-18(20)23-24(27-26(29-28-23)34-16-17(3)4)33-25(30)19-13-8-10-15-21(19)32-6-2/h7-10,12-15,17,25H,5-6,11,16H2,1-4H3/t25-/m1/s1. The fourth-order valence-electron chi connectivity index (χ4n) is 3.79. The molecule has 1 aliphatic heterocycles. The van der Waals surface area contributed by atoms with Crippen LogP contribution in [0.3, 0.4) is 0 Å². The summed E-state index contributed by atoms with van der Waals surface area (Å²) < 4.78 is 12.5. The predicted octanol–water partition coefficient (Wildman–Crippen LogP) is 5.91. The zero-order chi connectivity index (χ0) is 24.1. The molecule has 0 aliphatic carbocycles. The van der Waals surface area contributed by atoms with Gasteiger partial charge in [0.1, 0.15) is 5.75 Å². The van der Waals surface area contributed by atoms with E-state index in [4.69, 9.17) is 14.5 Å². The number of fused-ring (bicyclic) bond motifs is 3. The fraction of sp³-hybridized carbons (Fsp3) is 0.385. The fourth-order valence-corrected chi connectivity index (χ4v) is 4.52. The van der Waals surface area contributed by atoms with Crippen LogP contribution in [-0.2, 0) is 4.79 Å². The molecule has 2 heterocycles. The number of ether oxygens (including phenoxy) is 2. The second kappa shape index (κ2) is 10.9. The van der Waals surface area contributed by atoms with E-state index < -0.39 is 6.23 Å². The largest absolute Gasteiger partial charge is 0.493 e. The predicted molar refractivity (Wildman–Crippen MR) is 134 cm³/mol. The summed E-state index contributed by atoms with van der Waals surface area (Å²) in [6.07, 6.45) is 0.345. The van der Waals surface area contributed by atoms with Gasteiger partial charge < -0.3 is 9.47 Å².